The van der Waals surface area contributed by atoms with Gasteiger partial charge in [-0.3, -0.25) is 0 Å². The maximum absolute atomic E-state index is 9.11. The zero-order valence-electron chi connectivity index (χ0n) is 6.40. The van der Waals surface area contributed by atoms with Gasteiger partial charge in [0.1, 0.15) is 5.60 Å². The summed E-state index contributed by atoms with van der Waals surface area (Å²) in [5.74, 6) is 0. The van der Waals surface area contributed by atoms with E-state index in [4.69, 9.17) is 20.4 Å². The quantitative estimate of drug-likeness (QED) is 0.357. The van der Waals surface area contributed by atoms with Crippen molar-refractivity contribution in [2.75, 3.05) is 19.8 Å². The van der Waals surface area contributed by atoms with E-state index in [1.807, 2.05) is 0 Å². The molecule has 0 radical (unpaired) electrons. The molecular weight excluding hydrogens is 152 g/mol. The molecule has 0 rings (SSSR count). The fraction of sp³-hybridized carbons (Fsp3) is 1.00. The second-order valence-corrected chi connectivity index (χ2v) is 2.46. The highest BCUT2D eigenvalue weighted by molar-refractivity contribution is 4.73. The predicted octanol–water partition coefficient (Wildman–Crippen LogP) is -1.94. The Balaban J connectivity index is 3.71. The second kappa shape index (κ2) is 4.63. The number of rotatable bonds is 5. The molecule has 4 N–H and O–H groups in total. The largest absolute Gasteiger partial charge is 0.394 e. The van der Waals surface area contributed by atoms with E-state index in [1.54, 1.807) is 0 Å². The van der Waals surface area contributed by atoms with Gasteiger partial charge in [0.2, 0.25) is 0 Å². The molecule has 0 aromatic rings. The van der Waals surface area contributed by atoms with Crippen LogP contribution in [0.3, 0.4) is 0 Å². The summed E-state index contributed by atoms with van der Waals surface area (Å²) in [5, 5.41) is 34.9. The number of hydrogen-bond donors (Lipinski definition) is 4. The molecule has 0 spiro atoms. The van der Waals surface area contributed by atoms with E-state index in [0.29, 0.717) is 0 Å². The first-order chi connectivity index (χ1) is 5.04. The molecular formula is C6H14O5. The molecule has 0 aromatic heterocycles. The van der Waals surface area contributed by atoms with Crippen LogP contribution in [0.2, 0.25) is 0 Å². The van der Waals surface area contributed by atoms with Crippen molar-refractivity contribution in [3.05, 3.63) is 0 Å². The van der Waals surface area contributed by atoms with E-state index in [-0.39, 0.29) is 13.2 Å². The van der Waals surface area contributed by atoms with Crippen LogP contribution in [0.25, 0.3) is 0 Å². The molecule has 0 saturated heterocycles. The van der Waals surface area contributed by atoms with E-state index in [0.717, 1.165) is 0 Å². The van der Waals surface area contributed by atoms with Gasteiger partial charge in [-0.2, -0.15) is 0 Å². The molecule has 1 unspecified atom stereocenters. The van der Waals surface area contributed by atoms with E-state index < -0.39 is 18.5 Å². The third kappa shape index (κ3) is 3.64. The van der Waals surface area contributed by atoms with E-state index in [2.05, 4.69) is 4.74 Å². The van der Waals surface area contributed by atoms with Crippen LogP contribution in [0.15, 0.2) is 0 Å². The van der Waals surface area contributed by atoms with Gasteiger partial charge in [0.25, 0.3) is 0 Å². The lowest BCUT2D eigenvalue weighted by molar-refractivity contribution is -0.219. The number of aliphatic hydroxyl groups excluding tert-OH is 3. The number of hydrogen-bond acceptors (Lipinski definition) is 5. The first-order valence-corrected chi connectivity index (χ1v) is 3.28. The van der Waals surface area contributed by atoms with Crippen LogP contribution in [0, 0.1) is 0 Å². The van der Waals surface area contributed by atoms with Crippen LogP contribution in [0.5, 0.6) is 0 Å². The second-order valence-electron chi connectivity index (χ2n) is 2.46. The highest BCUT2D eigenvalue weighted by Gasteiger charge is 2.29. The first-order valence-electron chi connectivity index (χ1n) is 3.28. The lowest BCUT2D eigenvalue weighted by Gasteiger charge is -2.26. The normalized spacial score (nSPS) is 19.4. The average molecular weight is 166 g/mol. The summed E-state index contributed by atoms with van der Waals surface area (Å²) >= 11 is 0. The number of aliphatic hydroxyl groups is 4. The molecule has 0 bridgehead atoms. The third-order valence-electron chi connectivity index (χ3n) is 1.22. The lowest BCUT2D eigenvalue weighted by Crippen LogP contribution is -2.44. The lowest BCUT2D eigenvalue weighted by atomic mass is 10.1. The monoisotopic (exact) mass is 166 g/mol. The molecule has 0 aromatic carbocycles. The number of ether oxygens (including phenoxy) is 1. The van der Waals surface area contributed by atoms with Gasteiger partial charge in [0.15, 0.2) is 6.29 Å². The topological polar surface area (TPSA) is 90.2 Å². The Morgan fingerprint density at radius 2 is 2.00 bits per heavy atom. The Morgan fingerprint density at radius 3 is 2.36 bits per heavy atom. The van der Waals surface area contributed by atoms with E-state index in [9.17, 15) is 0 Å². The van der Waals surface area contributed by atoms with E-state index >= 15 is 0 Å². The Bertz CT molecular complexity index is 103. The highest BCUT2D eigenvalue weighted by Crippen LogP contribution is 2.09. The summed E-state index contributed by atoms with van der Waals surface area (Å²) in [4.78, 5) is 0. The Hall–Kier alpha value is -0.200. The standard InChI is InChI=1S/C6H14O5/c1-6(10,4-8)5(9)11-3-2-7/h5,7-10H,2-4H2,1H3/t5?,6-/m1/s1. The van der Waals surface area contributed by atoms with Crippen molar-refractivity contribution in [2.24, 2.45) is 0 Å². The summed E-state index contributed by atoms with van der Waals surface area (Å²) < 4.78 is 4.54. The van der Waals surface area contributed by atoms with Crippen LogP contribution >= 0.6 is 0 Å². The third-order valence-corrected chi connectivity index (χ3v) is 1.22. The highest BCUT2D eigenvalue weighted by atomic mass is 16.6. The van der Waals surface area contributed by atoms with E-state index in [1.165, 1.54) is 6.92 Å². The summed E-state index contributed by atoms with van der Waals surface area (Å²) in [6.07, 6.45) is -1.47. The zero-order valence-corrected chi connectivity index (χ0v) is 6.40. The summed E-state index contributed by atoms with van der Waals surface area (Å²) in [5.41, 5.74) is -1.67. The van der Waals surface area contributed by atoms with Crippen molar-refractivity contribution in [3.63, 3.8) is 0 Å². The first kappa shape index (κ1) is 10.8. The predicted molar refractivity (Wildman–Crippen MR) is 36.8 cm³/mol. The van der Waals surface area contributed by atoms with Crippen LogP contribution in [-0.4, -0.2) is 52.1 Å². The van der Waals surface area contributed by atoms with Gasteiger partial charge in [-0.05, 0) is 6.92 Å². The summed E-state index contributed by atoms with van der Waals surface area (Å²) in [7, 11) is 0. The van der Waals surface area contributed by atoms with Gasteiger partial charge in [0.05, 0.1) is 19.8 Å². The van der Waals surface area contributed by atoms with Crippen LogP contribution < -0.4 is 0 Å². The van der Waals surface area contributed by atoms with Gasteiger partial charge < -0.3 is 25.2 Å². The average Bonchev–Trinajstić information content (AvgIpc) is 2.00. The molecule has 0 saturated carbocycles. The van der Waals surface area contributed by atoms with Crippen molar-refractivity contribution in [1.29, 1.82) is 0 Å². The van der Waals surface area contributed by atoms with Crippen molar-refractivity contribution in [2.45, 2.75) is 18.8 Å². The summed E-state index contributed by atoms with van der Waals surface area (Å²) in [6, 6.07) is 0. The molecule has 68 valence electrons. The minimum atomic E-state index is -1.67. The van der Waals surface area contributed by atoms with Gasteiger partial charge in [0, 0.05) is 0 Å². The van der Waals surface area contributed by atoms with Gasteiger partial charge in [-0.25, -0.2) is 0 Å². The van der Waals surface area contributed by atoms with Gasteiger partial charge in [-0.1, -0.05) is 0 Å². The molecule has 5 nitrogen and oxygen atoms in total. The molecule has 0 aliphatic heterocycles. The molecule has 0 amide bonds. The SMILES string of the molecule is C[C@@](O)(CO)C(O)OCCO. The minimum Gasteiger partial charge on any atom is -0.394 e. The molecule has 0 aliphatic rings. The molecule has 0 heterocycles. The zero-order chi connectivity index (χ0) is 8.91. The van der Waals surface area contributed by atoms with Crippen molar-refractivity contribution in [1.82, 2.24) is 0 Å². The Labute approximate surface area is 64.9 Å². The smallest absolute Gasteiger partial charge is 0.185 e. The maximum atomic E-state index is 9.11. The van der Waals surface area contributed by atoms with Gasteiger partial charge in [-0.15, -0.1) is 0 Å². The Kier molecular flexibility index (Phi) is 4.55. The van der Waals surface area contributed by atoms with Crippen LogP contribution in [0.1, 0.15) is 6.92 Å². The Morgan fingerprint density at radius 1 is 1.45 bits per heavy atom. The van der Waals surface area contributed by atoms with Crippen molar-refractivity contribution < 1.29 is 25.2 Å². The fourth-order valence-electron chi connectivity index (χ4n) is 0.422. The molecule has 5 heteroatoms. The van der Waals surface area contributed by atoms with Crippen LogP contribution in [0.4, 0.5) is 0 Å². The van der Waals surface area contributed by atoms with Crippen molar-refractivity contribution >= 4 is 0 Å². The minimum absolute atomic E-state index is 0.0721. The fourth-order valence-corrected chi connectivity index (χ4v) is 0.422. The molecule has 2 atom stereocenters. The van der Waals surface area contributed by atoms with Crippen molar-refractivity contribution in [3.8, 4) is 0 Å². The summed E-state index contributed by atoms with van der Waals surface area (Å²) in [6.45, 7) is 0.324. The molecule has 11 heavy (non-hydrogen) atoms. The molecule has 0 aliphatic carbocycles. The molecule has 0 fully saturated rings. The maximum Gasteiger partial charge on any atom is 0.185 e. The van der Waals surface area contributed by atoms with Crippen LogP contribution in [-0.2, 0) is 4.74 Å². The van der Waals surface area contributed by atoms with Gasteiger partial charge >= 0.3 is 0 Å².